The van der Waals surface area contributed by atoms with Crippen LogP contribution in [0.1, 0.15) is 18.9 Å². The number of benzene rings is 1. The summed E-state index contributed by atoms with van der Waals surface area (Å²) in [6.07, 6.45) is 1.45. The van der Waals surface area contributed by atoms with Gasteiger partial charge in [0.1, 0.15) is 0 Å². The van der Waals surface area contributed by atoms with Crippen molar-refractivity contribution in [2.45, 2.75) is 19.8 Å². The standard InChI is InChI=1S/C13H20N2O.ClH/c1-2-13(16)15(11-9-14)10-8-12-6-4-3-5-7-12;/h3-7H,2,8-11,14H2,1H3;1H. The first-order valence-corrected chi connectivity index (χ1v) is 5.79. The highest BCUT2D eigenvalue weighted by Crippen LogP contribution is 2.02. The third-order valence-electron chi connectivity index (χ3n) is 2.57. The van der Waals surface area contributed by atoms with Crippen LogP contribution in [0.3, 0.4) is 0 Å². The molecule has 2 N–H and O–H groups in total. The Hall–Kier alpha value is -1.06. The molecule has 17 heavy (non-hydrogen) atoms. The molecule has 0 aliphatic heterocycles. The predicted octanol–water partition coefficient (Wildman–Crippen LogP) is 1.85. The Morgan fingerprint density at radius 3 is 2.41 bits per heavy atom. The third kappa shape index (κ3) is 5.71. The summed E-state index contributed by atoms with van der Waals surface area (Å²) in [4.78, 5) is 13.4. The Morgan fingerprint density at radius 1 is 1.24 bits per heavy atom. The van der Waals surface area contributed by atoms with Crippen molar-refractivity contribution in [1.82, 2.24) is 4.90 Å². The molecule has 1 amide bonds. The summed E-state index contributed by atoms with van der Waals surface area (Å²) in [5.74, 6) is 0.182. The molecular formula is C13H21ClN2O. The monoisotopic (exact) mass is 256 g/mol. The molecule has 0 heterocycles. The first-order chi connectivity index (χ1) is 7.77. The molecule has 3 nitrogen and oxygen atoms in total. The maximum Gasteiger partial charge on any atom is 0.222 e. The smallest absolute Gasteiger partial charge is 0.222 e. The summed E-state index contributed by atoms with van der Waals surface area (Å²) >= 11 is 0. The topological polar surface area (TPSA) is 46.3 Å². The maximum absolute atomic E-state index is 11.6. The Kier molecular flexibility index (Phi) is 8.46. The zero-order chi connectivity index (χ0) is 11.8. The number of carbonyl (C=O) groups is 1. The molecular weight excluding hydrogens is 236 g/mol. The van der Waals surface area contributed by atoms with E-state index in [2.05, 4.69) is 12.1 Å². The normalized spacial score (nSPS) is 9.53. The van der Waals surface area contributed by atoms with Gasteiger partial charge < -0.3 is 10.6 Å². The quantitative estimate of drug-likeness (QED) is 0.844. The van der Waals surface area contributed by atoms with E-state index in [0.717, 1.165) is 13.0 Å². The van der Waals surface area contributed by atoms with Crippen molar-refractivity contribution in [3.63, 3.8) is 0 Å². The van der Waals surface area contributed by atoms with Gasteiger partial charge in [-0.1, -0.05) is 37.3 Å². The van der Waals surface area contributed by atoms with E-state index >= 15 is 0 Å². The largest absolute Gasteiger partial charge is 0.341 e. The molecule has 0 atom stereocenters. The van der Waals surface area contributed by atoms with Crippen molar-refractivity contribution in [1.29, 1.82) is 0 Å². The number of rotatable bonds is 6. The lowest BCUT2D eigenvalue weighted by Crippen LogP contribution is -2.36. The van der Waals surface area contributed by atoms with E-state index in [4.69, 9.17) is 5.73 Å². The maximum atomic E-state index is 11.6. The molecule has 96 valence electrons. The second-order valence-corrected chi connectivity index (χ2v) is 3.76. The average Bonchev–Trinajstić information content (AvgIpc) is 2.34. The van der Waals surface area contributed by atoms with Gasteiger partial charge in [-0.2, -0.15) is 0 Å². The number of hydrogen-bond acceptors (Lipinski definition) is 2. The van der Waals surface area contributed by atoms with E-state index in [1.165, 1.54) is 5.56 Å². The second-order valence-electron chi connectivity index (χ2n) is 3.76. The van der Waals surface area contributed by atoms with Crippen LogP contribution < -0.4 is 5.73 Å². The summed E-state index contributed by atoms with van der Waals surface area (Å²) in [5.41, 5.74) is 6.75. The van der Waals surface area contributed by atoms with Crippen LogP contribution in [-0.4, -0.2) is 30.4 Å². The Bertz CT molecular complexity index is 316. The summed E-state index contributed by atoms with van der Waals surface area (Å²) in [6.45, 7) is 3.82. The summed E-state index contributed by atoms with van der Waals surface area (Å²) in [7, 11) is 0. The molecule has 4 heteroatoms. The van der Waals surface area contributed by atoms with Gasteiger partial charge in [0.05, 0.1) is 0 Å². The molecule has 0 bridgehead atoms. The predicted molar refractivity (Wildman–Crippen MR) is 73.3 cm³/mol. The molecule has 1 aromatic rings. The molecule has 0 fully saturated rings. The van der Waals surface area contributed by atoms with Gasteiger partial charge in [-0.05, 0) is 12.0 Å². The van der Waals surface area contributed by atoms with Crippen LogP contribution in [0.4, 0.5) is 0 Å². The van der Waals surface area contributed by atoms with Gasteiger partial charge in [-0.15, -0.1) is 12.4 Å². The molecule has 0 unspecified atom stereocenters. The summed E-state index contributed by atoms with van der Waals surface area (Å²) in [6, 6.07) is 10.2. The van der Waals surface area contributed by atoms with E-state index in [9.17, 15) is 4.79 Å². The summed E-state index contributed by atoms with van der Waals surface area (Å²) in [5, 5.41) is 0. The summed E-state index contributed by atoms with van der Waals surface area (Å²) < 4.78 is 0. The Balaban J connectivity index is 0.00000256. The van der Waals surface area contributed by atoms with E-state index in [1.54, 1.807) is 0 Å². The zero-order valence-electron chi connectivity index (χ0n) is 10.3. The van der Waals surface area contributed by atoms with Crippen molar-refractivity contribution in [3.8, 4) is 0 Å². The molecule has 1 rings (SSSR count). The van der Waals surface area contributed by atoms with Crippen molar-refractivity contribution >= 4 is 18.3 Å². The van der Waals surface area contributed by atoms with Crippen LogP contribution in [0.5, 0.6) is 0 Å². The van der Waals surface area contributed by atoms with E-state index in [1.807, 2.05) is 30.0 Å². The van der Waals surface area contributed by atoms with Crippen LogP contribution >= 0.6 is 12.4 Å². The first kappa shape index (κ1) is 15.9. The minimum Gasteiger partial charge on any atom is -0.341 e. The zero-order valence-corrected chi connectivity index (χ0v) is 11.1. The van der Waals surface area contributed by atoms with E-state index < -0.39 is 0 Å². The first-order valence-electron chi connectivity index (χ1n) is 5.79. The number of halogens is 1. The lowest BCUT2D eigenvalue weighted by molar-refractivity contribution is -0.130. The fourth-order valence-corrected chi connectivity index (χ4v) is 1.65. The van der Waals surface area contributed by atoms with Crippen molar-refractivity contribution < 1.29 is 4.79 Å². The molecule has 0 aliphatic carbocycles. The lowest BCUT2D eigenvalue weighted by atomic mass is 10.1. The van der Waals surface area contributed by atoms with Crippen molar-refractivity contribution in [2.24, 2.45) is 5.73 Å². The fourth-order valence-electron chi connectivity index (χ4n) is 1.65. The van der Waals surface area contributed by atoms with Gasteiger partial charge in [-0.3, -0.25) is 4.79 Å². The average molecular weight is 257 g/mol. The Morgan fingerprint density at radius 2 is 1.88 bits per heavy atom. The molecule has 0 aliphatic rings. The van der Waals surface area contributed by atoms with Gasteiger partial charge in [-0.25, -0.2) is 0 Å². The molecule has 0 radical (unpaired) electrons. The highest BCUT2D eigenvalue weighted by molar-refractivity contribution is 5.85. The fraction of sp³-hybridized carbons (Fsp3) is 0.462. The number of nitrogens with two attached hydrogens (primary N) is 1. The van der Waals surface area contributed by atoms with Crippen LogP contribution in [0.25, 0.3) is 0 Å². The van der Waals surface area contributed by atoms with Gasteiger partial charge in [0.2, 0.25) is 5.91 Å². The highest BCUT2D eigenvalue weighted by Gasteiger charge is 2.09. The molecule has 1 aromatic carbocycles. The van der Waals surface area contributed by atoms with Gasteiger partial charge in [0.25, 0.3) is 0 Å². The minimum atomic E-state index is 0. The number of nitrogens with zero attached hydrogens (tertiary/aromatic N) is 1. The van der Waals surface area contributed by atoms with Gasteiger partial charge in [0.15, 0.2) is 0 Å². The number of carbonyl (C=O) groups excluding carboxylic acids is 1. The molecule has 0 spiro atoms. The van der Waals surface area contributed by atoms with Crippen molar-refractivity contribution in [3.05, 3.63) is 35.9 Å². The lowest BCUT2D eigenvalue weighted by Gasteiger charge is -2.21. The Labute approximate surface area is 109 Å². The molecule has 0 saturated carbocycles. The SMILES string of the molecule is CCC(=O)N(CCN)CCc1ccccc1.Cl. The van der Waals surface area contributed by atoms with E-state index in [0.29, 0.717) is 19.5 Å². The number of amides is 1. The van der Waals surface area contributed by atoms with Gasteiger partial charge in [0, 0.05) is 26.1 Å². The van der Waals surface area contributed by atoms with Crippen LogP contribution in [0, 0.1) is 0 Å². The highest BCUT2D eigenvalue weighted by atomic mass is 35.5. The van der Waals surface area contributed by atoms with Crippen LogP contribution in [0.15, 0.2) is 30.3 Å². The molecule has 0 saturated heterocycles. The third-order valence-corrected chi connectivity index (χ3v) is 2.57. The molecule has 0 aromatic heterocycles. The second kappa shape index (κ2) is 9.02. The number of hydrogen-bond donors (Lipinski definition) is 1. The van der Waals surface area contributed by atoms with E-state index in [-0.39, 0.29) is 18.3 Å². The van der Waals surface area contributed by atoms with Crippen LogP contribution in [-0.2, 0) is 11.2 Å². The van der Waals surface area contributed by atoms with Gasteiger partial charge >= 0.3 is 0 Å². The van der Waals surface area contributed by atoms with Crippen molar-refractivity contribution in [2.75, 3.05) is 19.6 Å². The van der Waals surface area contributed by atoms with Crippen LogP contribution in [0.2, 0.25) is 0 Å². The minimum absolute atomic E-state index is 0.